The molecule has 0 bridgehead atoms. The van der Waals surface area contributed by atoms with Crippen LogP contribution in [0.15, 0.2) is 62.3 Å². The summed E-state index contributed by atoms with van der Waals surface area (Å²) in [5, 5.41) is 1.44. The molecule has 3 aromatic rings. The molecule has 10 heteroatoms. The molecule has 2 N–H and O–H groups in total. The molecule has 0 atom stereocenters. The zero-order chi connectivity index (χ0) is 25.1. The fourth-order valence-electron chi connectivity index (χ4n) is 5.27. The molecule has 188 valence electrons. The number of hydrogen-bond acceptors (Lipinski definition) is 8. The van der Waals surface area contributed by atoms with Crippen LogP contribution >= 0.6 is 23.4 Å². The van der Waals surface area contributed by atoms with Crippen molar-refractivity contribution in [2.45, 2.75) is 55.0 Å². The summed E-state index contributed by atoms with van der Waals surface area (Å²) in [6.45, 7) is 2.29. The molecule has 1 aliphatic carbocycles. The van der Waals surface area contributed by atoms with Crippen LogP contribution < -0.4 is 16.2 Å². The normalized spacial score (nSPS) is 18.1. The van der Waals surface area contributed by atoms with Gasteiger partial charge in [-0.05, 0) is 49.3 Å². The molecule has 2 aliphatic rings. The Bertz CT molecular complexity index is 1350. The standard InChI is InChI=1S/C26H30ClN7OS/c1-29-11-6-18(28)16-34-17-32-19-4-5-20(24(27)23(19)25(34)35)36-22-15-30-21(14-31-22)33-12-9-26(10-13-33)7-2-3-8-26/h4-6,11,14-15,17H,2-3,7-10,12-13,16,28H2,1H3. The second-order valence-electron chi connectivity index (χ2n) is 9.61. The van der Waals surface area contributed by atoms with Gasteiger partial charge >= 0.3 is 0 Å². The topological polar surface area (TPSA) is 102 Å². The van der Waals surface area contributed by atoms with Crippen LogP contribution in [0.5, 0.6) is 0 Å². The molecule has 1 aromatic carbocycles. The van der Waals surface area contributed by atoms with Crippen LogP contribution in [0.1, 0.15) is 38.5 Å². The van der Waals surface area contributed by atoms with Crippen molar-refractivity contribution in [1.29, 1.82) is 0 Å². The molecule has 1 aliphatic heterocycles. The number of rotatable bonds is 6. The van der Waals surface area contributed by atoms with Gasteiger partial charge < -0.3 is 10.6 Å². The van der Waals surface area contributed by atoms with Gasteiger partial charge in [0.1, 0.15) is 10.8 Å². The highest BCUT2D eigenvalue weighted by Crippen LogP contribution is 2.46. The number of nitrogens with zero attached hydrogens (tertiary/aromatic N) is 6. The van der Waals surface area contributed by atoms with Crippen molar-refractivity contribution >= 4 is 46.3 Å². The Hall–Kier alpha value is -2.91. The van der Waals surface area contributed by atoms with Gasteiger partial charge in [-0.1, -0.05) is 36.2 Å². The summed E-state index contributed by atoms with van der Waals surface area (Å²) in [6.07, 6.45) is 16.4. The lowest BCUT2D eigenvalue weighted by molar-refractivity contribution is 0.226. The van der Waals surface area contributed by atoms with Crippen LogP contribution in [0, 0.1) is 5.41 Å². The molecule has 2 aromatic heterocycles. The van der Waals surface area contributed by atoms with Gasteiger partial charge in [0.15, 0.2) is 0 Å². The van der Waals surface area contributed by atoms with E-state index in [0.29, 0.717) is 27.0 Å². The van der Waals surface area contributed by atoms with E-state index in [0.717, 1.165) is 28.8 Å². The molecule has 3 heterocycles. The summed E-state index contributed by atoms with van der Waals surface area (Å²) in [6, 6.07) is 3.66. The van der Waals surface area contributed by atoms with E-state index in [2.05, 4.69) is 24.8 Å². The Morgan fingerprint density at radius 1 is 1.17 bits per heavy atom. The van der Waals surface area contributed by atoms with E-state index in [1.165, 1.54) is 61.2 Å². The third-order valence-corrected chi connectivity index (χ3v) is 8.81. The Labute approximate surface area is 219 Å². The molecule has 2 fully saturated rings. The van der Waals surface area contributed by atoms with Crippen molar-refractivity contribution in [2.24, 2.45) is 16.1 Å². The number of piperidine rings is 1. The van der Waals surface area contributed by atoms with Crippen molar-refractivity contribution in [3.8, 4) is 0 Å². The predicted molar refractivity (Wildman–Crippen MR) is 146 cm³/mol. The first-order valence-corrected chi connectivity index (χ1v) is 13.5. The SMILES string of the molecule is CN=CC=C(N)Cn1cnc2ccc(Sc3cnc(N4CCC5(CCCC5)CC4)cn3)c(Cl)c2c1=O. The van der Waals surface area contributed by atoms with Gasteiger partial charge in [-0.3, -0.25) is 14.4 Å². The van der Waals surface area contributed by atoms with Crippen LogP contribution in [0.4, 0.5) is 5.82 Å². The van der Waals surface area contributed by atoms with E-state index in [-0.39, 0.29) is 12.1 Å². The van der Waals surface area contributed by atoms with Gasteiger partial charge in [-0.2, -0.15) is 0 Å². The fraction of sp³-hybridized carbons (Fsp3) is 0.423. The van der Waals surface area contributed by atoms with E-state index in [1.54, 1.807) is 31.6 Å². The molecule has 5 rings (SSSR count). The Morgan fingerprint density at radius 3 is 2.64 bits per heavy atom. The minimum Gasteiger partial charge on any atom is -0.401 e. The second kappa shape index (κ2) is 10.6. The van der Waals surface area contributed by atoms with Crippen molar-refractivity contribution in [1.82, 2.24) is 19.5 Å². The van der Waals surface area contributed by atoms with E-state index in [4.69, 9.17) is 17.3 Å². The lowest BCUT2D eigenvalue weighted by Gasteiger charge is -2.39. The van der Waals surface area contributed by atoms with E-state index in [9.17, 15) is 4.79 Å². The molecular weight excluding hydrogens is 494 g/mol. The van der Waals surface area contributed by atoms with E-state index < -0.39 is 0 Å². The molecular formula is C26H30ClN7OS. The summed E-state index contributed by atoms with van der Waals surface area (Å²) in [5.74, 6) is 0.919. The highest BCUT2D eigenvalue weighted by atomic mass is 35.5. The minimum absolute atomic E-state index is 0.200. The monoisotopic (exact) mass is 523 g/mol. The lowest BCUT2D eigenvalue weighted by atomic mass is 9.77. The molecule has 0 amide bonds. The molecule has 0 unspecified atom stereocenters. The van der Waals surface area contributed by atoms with Gasteiger partial charge in [-0.15, -0.1) is 0 Å². The molecule has 0 radical (unpaired) electrons. The first kappa shape index (κ1) is 24.8. The number of allylic oxidation sites excluding steroid dienone is 2. The Balaban J connectivity index is 1.32. The van der Waals surface area contributed by atoms with Crippen molar-refractivity contribution in [3.05, 3.63) is 58.0 Å². The summed E-state index contributed by atoms with van der Waals surface area (Å²) >= 11 is 8.09. The first-order chi connectivity index (χ1) is 17.5. The van der Waals surface area contributed by atoms with Gasteiger partial charge in [0.2, 0.25) is 0 Å². The van der Waals surface area contributed by atoms with Crippen LogP contribution in [-0.2, 0) is 6.54 Å². The summed E-state index contributed by atoms with van der Waals surface area (Å²) in [7, 11) is 1.66. The van der Waals surface area contributed by atoms with Gasteiger partial charge in [0.25, 0.3) is 5.56 Å². The number of aliphatic imine (C=N–C) groups is 1. The molecule has 1 saturated carbocycles. The van der Waals surface area contributed by atoms with Crippen LogP contribution in [-0.4, -0.2) is 45.9 Å². The quantitative estimate of drug-likeness (QED) is 0.467. The summed E-state index contributed by atoms with van der Waals surface area (Å²) in [5.41, 5.74) is 7.36. The largest absolute Gasteiger partial charge is 0.401 e. The van der Waals surface area contributed by atoms with Crippen molar-refractivity contribution in [3.63, 3.8) is 0 Å². The van der Waals surface area contributed by atoms with Crippen LogP contribution in [0.3, 0.4) is 0 Å². The average molecular weight is 524 g/mol. The zero-order valence-electron chi connectivity index (χ0n) is 20.4. The fourth-order valence-corrected chi connectivity index (χ4v) is 6.39. The Morgan fingerprint density at radius 2 is 1.94 bits per heavy atom. The van der Waals surface area contributed by atoms with Gasteiger partial charge in [-0.25, -0.2) is 15.0 Å². The summed E-state index contributed by atoms with van der Waals surface area (Å²) in [4.78, 5) is 33.8. The van der Waals surface area contributed by atoms with Crippen molar-refractivity contribution in [2.75, 3.05) is 25.0 Å². The first-order valence-electron chi connectivity index (χ1n) is 12.3. The predicted octanol–water partition coefficient (Wildman–Crippen LogP) is 4.69. The van der Waals surface area contributed by atoms with Crippen molar-refractivity contribution < 1.29 is 0 Å². The number of fused-ring (bicyclic) bond motifs is 1. The molecule has 1 spiro atoms. The van der Waals surface area contributed by atoms with Crippen LogP contribution in [0.25, 0.3) is 10.9 Å². The highest BCUT2D eigenvalue weighted by Gasteiger charge is 2.37. The van der Waals surface area contributed by atoms with Gasteiger partial charge in [0.05, 0.1) is 41.2 Å². The number of aromatic nitrogens is 4. The third kappa shape index (κ3) is 5.13. The minimum atomic E-state index is -0.246. The maximum absolute atomic E-state index is 13.2. The third-order valence-electron chi connectivity index (χ3n) is 7.33. The molecule has 36 heavy (non-hydrogen) atoms. The smallest absolute Gasteiger partial charge is 0.263 e. The van der Waals surface area contributed by atoms with E-state index >= 15 is 0 Å². The molecule has 1 saturated heterocycles. The van der Waals surface area contributed by atoms with Gasteiger partial charge in [0, 0.05) is 36.9 Å². The zero-order valence-corrected chi connectivity index (χ0v) is 21.9. The maximum atomic E-state index is 13.2. The van der Waals surface area contributed by atoms with E-state index in [1.807, 2.05) is 12.3 Å². The number of nitrogens with two attached hydrogens (primary N) is 1. The second-order valence-corrected chi connectivity index (χ2v) is 11.0. The number of hydrogen-bond donors (Lipinski definition) is 1. The average Bonchev–Trinajstić information content (AvgIpc) is 3.35. The number of anilines is 1. The van der Waals surface area contributed by atoms with Crippen LogP contribution in [0.2, 0.25) is 5.02 Å². The maximum Gasteiger partial charge on any atom is 0.263 e. The number of halogens is 1. The highest BCUT2D eigenvalue weighted by molar-refractivity contribution is 7.99. The lowest BCUT2D eigenvalue weighted by Crippen LogP contribution is -2.39. The number of benzene rings is 1. The summed E-state index contributed by atoms with van der Waals surface area (Å²) < 4.78 is 1.45. The molecule has 8 nitrogen and oxygen atoms in total. The Kier molecular flexibility index (Phi) is 7.29.